The van der Waals surface area contributed by atoms with Gasteiger partial charge in [0.25, 0.3) is 0 Å². The zero-order chi connectivity index (χ0) is 14.7. The van der Waals surface area contributed by atoms with Crippen molar-refractivity contribution in [3.8, 4) is 0 Å². The molecule has 0 saturated heterocycles. The monoisotopic (exact) mass is 275 g/mol. The number of nitrogens with one attached hydrogen (secondary N) is 1. The lowest BCUT2D eigenvalue weighted by molar-refractivity contribution is -0.108. The molecule has 1 aliphatic rings. The smallest absolute Gasteiger partial charge is 0.186 e. The molecule has 0 amide bonds. The summed E-state index contributed by atoms with van der Waals surface area (Å²) >= 11 is 0. The van der Waals surface area contributed by atoms with Crippen LogP contribution in [0, 0.1) is 0 Å². The molecular formula is C15H21N3O2. The van der Waals surface area contributed by atoms with Crippen molar-refractivity contribution in [3.05, 3.63) is 29.5 Å². The number of allylic oxidation sites excluding steroid dienone is 1. The fraction of sp³-hybridized carbons (Fsp3) is 0.400. The average Bonchev–Trinajstić information content (AvgIpc) is 2.59. The van der Waals surface area contributed by atoms with Crippen molar-refractivity contribution in [3.63, 3.8) is 0 Å². The molecule has 1 unspecified atom stereocenters. The molecular weight excluding hydrogens is 254 g/mol. The van der Waals surface area contributed by atoms with Crippen molar-refractivity contribution in [2.45, 2.75) is 19.4 Å². The highest BCUT2D eigenvalue weighted by Gasteiger charge is 2.20. The lowest BCUT2D eigenvalue weighted by Crippen LogP contribution is -2.18. The molecule has 20 heavy (non-hydrogen) atoms. The molecule has 0 spiro atoms. The van der Waals surface area contributed by atoms with Gasteiger partial charge in [-0.15, -0.1) is 0 Å². The third-order valence-electron chi connectivity index (χ3n) is 3.31. The Morgan fingerprint density at radius 2 is 2.20 bits per heavy atom. The van der Waals surface area contributed by atoms with Gasteiger partial charge >= 0.3 is 0 Å². The molecule has 5 nitrogen and oxygen atoms in total. The van der Waals surface area contributed by atoms with E-state index in [1.165, 1.54) is 0 Å². The van der Waals surface area contributed by atoms with Crippen LogP contribution >= 0.6 is 0 Å². The molecule has 0 aliphatic carbocycles. The van der Waals surface area contributed by atoms with Crippen LogP contribution in [0.5, 0.6) is 0 Å². The minimum absolute atomic E-state index is 0.0177. The van der Waals surface area contributed by atoms with Crippen LogP contribution < -0.4 is 16.0 Å². The number of nitrogens with two attached hydrogens (primary N) is 1. The van der Waals surface area contributed by atoms with Crippen LogP contribution in [0.4, 0.5) is 11.4 Å². The van der Waals surface area contributed by atoms with Gasteiger partial charge in [0.05, 0.1) is 11.8 Å². The number of hydrogen-bond acceptors (Lipinski definition) is 5. The van der Waals surface area contributed by atoms with E-state index in [-0.39, 0.29) is 6.10 Å². The van der Waals surface area contributed by atoms with Crippen molar-refractivity contribution >= 4 is 23.4 Å². The second-order valence-corrected chi connectivity index (χ2v) is 5.17. The summed E-state index contributed by atoms with van der Waals surface area (Å²) in [6.07, 6.45) is 1.62. The number of anilines is 2. The summed E-state index contributed by atoms with van der Waals surface area (Å²) in [7, 11) is 3.91. The van der Waals surface area contributed by atoms with Gasteiger partial charge in [-0.1, -0.05) is 0 Å². The topological polar surface area (TPSA) is 67.6 Å². The summed E-state index contributed by atoms with van der Waals surface area (Å²) in [5.74, 6) is 0.337. The minimum Gasteiger partial charge on any atom is -0.485 e. The van der Waals surface area contributed by atoms with Gasteiger partial charge in [-0.25, -0.2) is 0 Å². The second-order valence-electron chi connectivity index (χ2n) is 5.17. The second kappa shape index (κ2) is 5.86. The molecule has 5 heteroatoms. The first kappa shape index (κ1) is 14.2. The Kier molecular flexibility index (Phi) is 4.17. The van der Waals surface area contributed by atoms with Gasteiger partial charge in [-0.05, 0) is 25.1 Å². The van der Waals surface area contributed by atoms with Crippen LogP contribution in [-0.2, 0) is 9.53 Å². The van der Waals surface area contributed by atoms with Gasteiger partial charge in [0.1, 0.15) is 0 Å². The first-order valence-electron chi connectivity index (χ1n) is 6.70. The van der Waals surface area contributed by atoms with Gasteiger partial charge in [-0.2, -0.15) is 0 Å². The van der Waals surface area contributed by atoms with Crippen molar-refractivity contribution in [1.29, 1.82) is 0 Å². The van der Waals surface area contributed by atoms with E-state index in [0.717, 1.165) is 30.5 Å². The molecule has 0 bridgehead atoms. The van der Waals surface area contributed by atoms with E-state index in [4.69, 9.17) is 10.5 Å². The summed E-state index contributed by atoms with van der Waals surface area (Å²) in [6.45, 7) is 2.72. The molecule has 1 heterocycles. The molecule has 2 rings (SSSR count). The van der Waals surface area contributed by atoms with Crippen LogP contribution in [0.3, 0.4) is 0 Å². The molecule has 0 radical (unpaired) electrons. The summed E-state index contributed by atoms with van der Waals surface area (Å²) < 4.78 is 5.69. The zero-order valence-corrected chi connectivity index (χ0v) is 12.1. The van der Waals surface area contributed by atoms with Crippen LogP contribution in [0.15, 0.2) is 24.0 Å². The van der Waals surface area contributed by atoms with E-state index >= 15 is 0 Å². The van der Waals surface area contributed by atoms with E-state index in [0.29, 0.717) is 17.1 Å². The molecule has 1 aliphatic heterocycles. The van der Waals surface area contributed by atoms with Gasteiger partial charge in [-0.3, -0.25) is 4.79 Å². The van der Waals surface area contributed by atoms with Gasteiger partial charge in [0.2, 0.25) is 0 Å². The third kappa shape index (κ3) is 2.87. The normalized spacial score (nSPS) is 18.9. The van der Waals surface area contributed by atoms with E-state index in [2.05, 4.69) is 5.32 Å². The quantitative estimate of drug-likeness (QED) is 0.648. The maximum absolute atomic E-state index is 11.3. The Morgan fingerprint density at radius 3 is 2.85 bits per heavy atom. The van der Waals surface area contributed by atoms with Crippen molar-refractivity contribution in [2.24, 2.45) is 0 Å². The molecule has 1 aromatic rings. The van der Waals surface area contributed by atoms with E-state index in [1.54, 1.807) is 0 Å². The van der Waals surface area contributed by atoms with E-state index in [9.17, 15) is 4.79 Å². The molecule has 0 aromatic heterocycles. The minimum atomic E-state index is 0.0177. The highest BCUT2D eigenvalue weighted by Crippen LogP contribution is 2.30. The summed E-state index contributed by atoms with van der Waals surface area (Å²) in [5.41, 5.74) is 9.12. The number of hydrogen-bond donors (Lipinski definition) is 2. The molecule has 0 fully saturated rings. The Bertz CT molecular complexity index is 538. The summed E-state index contributed by atoms with van der Waals surface area (Å²) in [5, 5.41) is 3.29. The van der Waals surface area contributed by atoms with Gasteiger partial charge in [0, 0.05) is 44.0 Å². The summed E-state index contributed by atoms with van der Waals surface area (Å²) in [4.78, 5) is 13.3. The van der Waals surface area contributed by atoms with E-state index in [1.807, 2.05) is 44.1 Å². The maximum atomic E-state index is 11.3. The van der Waals surface area contributed by atoms with Gasteiger partial charge < -0.3 is 20.7 Å². The van der Waals surface area contributed by atoms with Crippen LogP contribution in [0.2, 0.25) is 0 Å². The SMILES string of the molecule is CC1CCNC(c2cc(N)ccc2N(C)C)=C(C=O)O1. The lowest BCUT2D eigenvalue weighted by atomic mass is 10.1. The predicted molar refractivity (Wildman–Crippen MR) is 81.3 cm³/mol. The van der Waals surface area contributed by atoms with Crippen molar-refractivity contribution in [1.82, 2.24) is 5.32 Å². The molecule has 0 saturated carbocycles. The largest absolute Gasteiger partial charge is 0.485 e. The Morgan fingerprint density at radius 1 is 1.45 bits per heavy atom. The van der Waals surface area contributed by atoms with Crippen LogP contribution in [0.1, 0.15) is 18.9 Å². The standard InChI is InChI=1S/C15H21N3O2/c1-10-6-7-17-15(14(9-19)20-10)12-8-11(16)4-5-13(12)18(2)3/h4-5,8-10,17H,6-7,16H2,1-3H3. The predicted octanol–water partition coefficient (Wildman–Crippen LogP) is 1.60. The van der Waals surface area contributed by atoms with Crippen LogP contribution in [0.25, 0.3) is 5.70 Å². The van der Waals surface area contributed by atoms with Gasteiger partial charge in [0.15, 0.2) is 12.0 Å². The Balaban J connectivity index is 2.57. The summed E-state index contributed by atoms with van der Waals surface area (Å²) in [6, 6.07) is 5.65. The highest BCUT2D eigenvalue weighted by atomic mass is 16.5. The Labute approximate surface area is 119 Å². The number of nitrogens with zero attached hydrogens (tertiary/aromatic N) is 1. The maximum Gasteiger partial charge on any atom is 0.186 e. The average molecular weight is 275 g/mol. The number of benzene rings is 1. The number of aldehydes is 1. The number of ether oxygens (including phenoxy) is 1. The number of carbonyl (C=O) groups is 1. The van der Waals surface area contributed by atoms with Crippen LogP contribution in [-0.4, -0.2) is 33.0 Å². The molecule has 3 N–H and O–H groups in total. The molecule has 108 valence electrons. The number of carbonyl (C=O) groups excluding carboxylic acids is 1. The highest BCUT2D eigenvalue weighted by molar-refractivity contribution is 5.89. The fourth-order valence-electron chi connectivity index (χ4n) is 2.28. The first-order valence-corrected chi connectivity index (χ1v) is 6.70. The zero-order valence-electron chi connectivity index (χ0n) is 12.1. The van der Waals surface area contributed by atoms with Crippen molar-refractivity contribution in [2.75, 3.05) is 31.3 Å². The third-order valence-corrected chi connectivity index (χ3v) is 3.31. The molecule has 1 aromatic carbocycles. The molecule has 1 atom stereocenters. The first-order chi connectivity index (χ1) is 9.52. The fourth-order valence-corrected chi connectivity index (χ4v) is 2.28. The van der Waals surface area contributed by atoms with E-state index < -0.39 is 0 Å². The van der Waals surface area contributed by atoms with Crippen molar-refractivity contribution < 1.29 is 9.53 Å². The number of rotatable bonds is 3. The number of nitrogen functional groups attached to an aromatic ring is 1. The Hall–Kier alpha value is -2.17. The lowest BCUT2D eigenvalue weighted by Gasteiger charge is -2.20.